The summed E-state index contributed by atoms with van der Waals surface area (Å²) in [5.41, 5.74) is 2.08. The Morgan fingerprint density at radius 3 is 2.46 bits per heavy atom. The van der Waals surface area contributed by atoms with Gasteiger partial charge in [0.2, 0.25) is 5.91 Å². The minimum atomic E-state index is -1.10. The van der Waals surface area contributed by atoms with Crippen molar-refractivity contribution in [2.45, 2.75) is 26.4 Å². The molecule has 2 N–H and O–H groups in total. The predicted octanol–water partition coefficient (Wildman–Crippen LogP) is 3.37. The van der Waals surface area contributed by atoms with Gasteiger partial charge in [-0.25, -0.2) is 8.78 Å². The van der Waals surface area contributed by atoms with Crippen LogP contribution in [0, 0.1) is 18.6 Å². The number of aliphatic hydroxyl groups excluding tert-OH is 1. The van der Waals surface area contributed by atoms with Crippen molar-refractivity contribution in [3.63, 3.8) is 0 Å². The lowest BCUT2D eigenvalue weighted by Gasteiger charge is -2.10. The van der Waals surface area contributed by atoms with Gasteiger partial charge >= 0.3 is 0 Å². The molecule has 4 nitrogen and oxygen atoms in total. The largest absolute Gasteiger partial charge is 0.392 e. The highest BCUT2D eigenvalue weighted by Gasteiger charge is 2.13. The van der Waals surface area contributed by atoms with Gasteiger partial charge in [-0.15, -0.1) is 0 Å². The zero-order chi connectivity index (χ0) is 17.7. The van der Waals surface area contributed by atoms with E-state index in [2.05, 4.69) is 5.32 Å². The van der Waals surface area contributed by atoms with E-state index in [1.54, 1.807) is 18.2 Å². The van der Waals surface area contributed by atoms with Gasteiger partial charge in [0.05, 0.1) is 6.61 Å². The molecule has 0 aliphatic rings. The molecular weight excluding hydrogens is 316 g/mol. The Bertz CT molecular complexity index is 775. The zero-order valence-corrected chi connectivity index (χ0v) is 13.1. The monoisotopic (exact) mass is 333 g/mol. The zero-order valence-electron chi connectivity index (χ0n) is 13.1. The van der Waals surface area contributed by atoms with Gasteiger partial charge in [0.1, 0.15) is 0 Å². The topological polar surface area (TPSA) is 66.4 Å². The maximum absolute atomic E-state index is 13.1. The first-order valence-corrected chi connectivity index (χ1v) is 7.39. The number of amides is 1. The average molecular weight is 333 g/mol. The van der Waals surface area contributed by atoms with E-state index in [9.17, 15) is 18.4 Å². The van der Waals surface area contributed by atoms with Crippen LogP contribution in [0.1, 0.15) is 34.3 Å². The molecule has 0 fully saturated rings. The summed E-state index contributed by atoms with van der Waals surface area (Å²) in [4.78, 5) is 23.9. The van der Waals surface area contributed by atoms with E-state index in [0.717, 1.165) is 17.7 Å². The van der Waals surface area contributed by atoms with Gasteiger partial charge in [-0.1, -0.05) is 12.1 Å². The first-order chi connectivity index (χ1) is 11.4. The maximum atomic E-state index is 13.1. The van der Waals surface area contributed by atoms with Crippen LogP contribution >= 0.6 is 0 Å². The Morgan fingerprint density at radius 1 is 1.04 bits per heavy atom. The van der Waals surface area contributed by atoms with Gasteiger partial charge < -0.3 is 10.4 Å². The smallest absolute Gasteiger partial charge is 0.224 e. The molecule has 0 aromatic heterocycles. The third kappa shape index (κ3) is 4.45. The molecular formula is C18H17F2NO3. The van der Waals surface area contributed by atoms with Crippen LogP contribution in [-0.4, -0.2) is 16.8 Å². The van der Waals surface area contributed by atoms with E-state index in [1.165, 1.54) is 6.07 Å². The first kappa shape index (κ1) is 17.7. The van der Waals surface area contributed by atoms with E-state index in [4.69, 9.17) is 5.11 Å². The second kappa shape index (κ2) is 7.79. The van der Waals surface area contributed by atoms with Crippen LogP contribution in [0.2, 0.25) is 0 Å². The molecule has 0 unspecified atom stereocenters. The summed E-state index contributed by atoms with van der Waals surface area (Å²) in [5, 5.41) is 11.8. The molecule has 0 saturated heterocycles. The molecule has 0 heterocycles. The van der Waals surface area contributed by atoms with Crippen molar-refractivity contribution in [1.29, 1.82) is 0 Å². The van der Waals surface area contributed by atoms with Gasteiger partial charge in [-0.3, -0.25) is 9.59 Å². The molecule has 0 spiro atoms. The molecule has 0 aliphatic carbocycles. The number of anilines is 1. The van der Waals surface area contributed by atoms with E-state index < -0.39 is 17.4 Å². The molecule has 2 rings (SSSR count). The number of carbonyl (C=O) groups excluding carboxylic acids is 2. The number of rotatable bonds is 6. The number of hydrogen-bond donors (Lipinski definition) is 2. The molecule has 2 aromatic rings. The number of aryl methyl sites for hydroxylation is 1. The number of hydrogen-bond acceptors (Lipinski definition) is 3. The highest BCUT2D eigenvalue weighted by molar-refractivity contribution is 6.00. The number of Topliss-reactive ketones (excluding diaryl/α,β-unsaturated/α-hetero) is 1. The van der Waals surface area contributed by atoms with Crippen molar-refractivity contribution in [3.05, 3.63) is 64.7 Å². The summed E-state index contributed by atoms with van der Waals surface area (Å²) in [5.74, 6) is -2.93. The Morgan fingerprint density at radius 2 is 1.79 bits per heavy atom. The van der Waals surface area contributed by atoms with Crippen molar-refractivity contribution in [3.8, 4) is 0 Å². The summed E-state index contributed by atoms with van der Waals surface area (Å²) in [6, 6.07) is 8.07. The molecule has 6 heteroatoms. The Labute approximate surface area is 138 Å². The third-order valence-corrected chi connectivity index (χ3v) is 3.58. The number of ketones is 1. The molecule has 0 aliphatic heterocycles. The molecule has 126 valence electrons. The summed E-state index contributed by atoms with van der Waals surface area (Å²) in [6.07, 6.45) is -0.198. The lowest BCUT2D eigenvalue weighted by molar-refractivity contribution is -0.116. The molecule has 24 heavy (non-hydrogen) atoms. The Balaban J connectivity index is 1.95. The number of benzene rings is 2. The fourth-order valence-electron chi connectivity index (χ4n) is 2.16. The summed E-state index contributed by atoms with van der Waals surface area (Å²) >= 11 is 0. The van der Waals surface area contributed by atoms with Crippen molar-refractivity contribution < 1.29 is 23.5 Å². The predicted molar refractivity (Wildman–Crippen MR) is 85.7 cm³/mol. The Kier molecular flexibility index (Phi) is 5.76. The maximum Gasteiger partial charge on any atom is 0.224 e. The second-order valence-electron chi connectivity index (χ2n) is 5.41. The normalized spacial score (nSPS) is 10.5. The highest BCUT2D eigenvalue weighted by atomic mass is 19.2. The van der Waals surface area contributed by atoms with Crippen LogP contribution in [0.15, 0.2) is 36.4 Å². The highest BCUT2D eigenvalue weighted by Crippen LogP contribution is 2.18. The summed E-state index contributed by atoms with van der Waals surface area (Å²) in [7, 11) is 0. The first-order valence-electron chi connectivity index (χ1n) is 7.39. The molecule has 0 radical (unpaired) electrons. The van der Waals surface area contributed by atoms with E-state index in [0.29, 0.717) is 11.3 Å². The van der Waals surface area contributed by atoms with Crippen molar-refractivity contribution in [2.75, 3.05) is 5.32 Å². The van der Waals surface area contributed by atoms with E-state index >= 15 is 0 Å². The van der Waals surface area contributed by atoms with Gasteiger partial charge in [0, 0.05) is 24.1 Å². The van der Waals surface area contributed by atoms with Crippen molar-refractivity contribution in [1.82, 2.24) is 0 Å². The van der Waals surface area contributed by atoms with Crippen LogP contribution in [-0.2, 0) is 11.4 Å². The minimum absolute atomic E-state index is 0.0279. The number of carbonyl (C=O) groups is 2. The molecule has 0 bridgehead atoms. The molecule has 1 amide bonds. The van der Waals surface area contributed by atoms with Gasteiger partial charge in [0.25, 0.3) is 0 Å². The lowest BCUT2D eigenvalue weighted by Crippen LogP contribution is -2.14. The molecule has 0 atom stereocenters. The van der Waals surface area contributed by atoms with Gasteiger partial charge in [-0.2, -0.15) is 0 Å². The van der Waals surface area contributed by atoms with Crippen molar-refractivity contribution >= 4 is 17.4 Å². The lowest BCUT2D eigenvalue weighted by atomic mass is 10.1. The van der Waals surface area contributed by atoms with Crippen LogP contribution in [0.25, 0.3) is 0 Å². The third-order valence-electron chi connectivity index (χ3n) is 3.58. The molecule has 0 saturated carbocycles. The van der Waals surface area contributed by atoms with Crippen LogP contribution in [0.5, 0.6) is 0 Å². The number of aliphatic hydroxyl groups is 1. The van der Waals surface area contributed by atoms with Crippen LogP contribution in [0.4, 0.5) is 14.5 Å². The van der Waals surface area contributed by atoms with Gasteiger partial charge in [0.15, 0.2) is 17.4 Å². The van der Waals surface area contributed by atoms with E-state index in [-0.39, 0.29) is 30.9 Å². The van der Waals surface area contributed by atoms with Crippen LogP contribution < -0.4 is 5.32 Å². The summed E-state index contributed by atoms with van der Waals surface area (Å²) < 4.78 is 26.0. The fraction of sp³-hybridized carbons (Fsp3) is 0.222. The summed E-state index contributed by atoms with van der Waals surface area (Å²) in [6.45, 7) is 1.67. The van der Waals surface area contributed by atoms with Crippen LogP contribution in [0.3, 0.4) is 0 Å². The van der Waals surface area contributed by atoms with Crippen molar-refractivity contribution in [2.24, 2.45) is 0 Å². The average Bonchev–Trinajstić information content (AvgIpc) is 2.57. The second-order valence-corrected chi connectivity index (χ2v) is 5.41. The van der Waals surface area contributed by atoms with Gasteiger partial charge in [-0.05, 0) is 42.3 Å². The Hall–Kier alpha value is -2.60. The minimum Gasteiger partial charge on any atom is -0.392 e. The number of halogens is 2. The SMILES string of the molecule is Cc1ccc(CO)cc1NC(=O)CCC(=O)c1ccc(F)c(F)c1. The standard InChI is InChI=1S/C18H17F2NO3/c1-11-2-3-12(10-22)8-16(11)21-18(24)7-6-17(23)13-4-5-14(19)15(20)9-13/h2-5,8-9,22H,6-7,10H2,1H3,(H,21,24). The number of nitrogens with one attached hydrogen (secondary N) is 1. The quantitative estimate of drug-likeness (QED) is 0.797. The van der Waals surface area contributed by atoms with E-state index in [1.807, 2.05) is 6.92 Å². The molecule has 2 aromatic carbocycles. The fourth-order valence-corrected chi connectivity index (χ4v) is 2.16.